The summed E-state index contributed by atoms with van der Waals surface area (Å²) in [5.41, 5.74) is 0. The molecule has 0 aliphatic carbocycles. The van der Waals surface area contributed by atoms with Crippen LogP contribution in [0.4, 0.5) is 4.79 Å². The van der Waals surface area contributed by atoms with E-state index in [-0.39, 0.29) is 6.61 Å². The summed E-state index contributed by atoms with van der Waals surface area (Å²) in [6.45, 7) is 7.51. The van der Waals surface area contributed by atoms with E-state index in [0.717, 1.165) is 12.8 Å². The Bertz CT molecular complexity index is 152. The lowest BCUT2D eigenvalue weighted by Crippen LogP contribution is -2.08. The van der Waals surface area contributed by atoms with E-state index >= 15 is 0 Å². The standard InChI is InChI=1S/C9H14O3/c1-3-5-6-8-12-9(10)11-7-4-2/h3-4H,1-2,5-8H2. The van der Waals surface area contributed by atoms with Crippen molar-refractivity contribution in [2.45, 2.75) is 12.8 Å². The molecule has 12 heavy (non-hydrogen) atoms. The van der Waals surface area contributed by atoms with Gasteiger partial charge in [-0.2, -0.15) is 0 Å². The molecule has 0 aliphatic heterocycles. The van der Waals surface area contributed by atoms with Gasteiger partial charge in [-0.25, -0.2) is 4.79 Å². The fourth-order valence-corrected chi connectivity index (χ4v) is 0.552. The maximum Gasteiger partial charge on any atom is 0.508 e. The Morgan fingerprint density at radius 1 is 1.25 bits per heavy atom. The molecule has 0 rings (SSSR count). The van der Waals surface area contributed by atoms with Crippen LogP contribution in [0.2, 0.25) is 0 Å². The average Bonchev–Trinajstić information content (AvgIpc) is 2.09. The number of rotatable bonds is 6. The highest BCUT2D eigenvalue weighted by atomic mass is 16.7. The SMILES string of the molecule is C=CCCCOC(=O)OCC=C. The Morgan fingerprint density at radius 3 is 2.58 bits per heavy atom. The van der Waals surface area contributed by atoms with Gasteiger partial charge in [0.25, 0.3) is 0 Å². The van der Waals surface area contributed by atoms with Gasteiger partial charge in [0.05, 0.1) is 6.61 Å². The predicted molar refractivity (Wildman–Crippen MR) is 46.9 cm³/mol. The molecule has 0 aliphatic rings. The average molecular weight is 170 g/mol. The lowest BCUT2D eigenvalue weighted by Gasteiger charge is -2.02. The summed E-state index contributed by atoms with van der Waals surface area (Å²) in [5.74, 6) is 0. The highest BCUT2D eigenvalue weighted by Gasteiger charge is 1.99. The third-order valence-corrected chi connectivity index (χ3v) is 1.09. The molecule has 0 fully saturated rings. The number of hydrogen-bond acceptors (Lipinski definition) is 3. The molecular weight excluding hydrogens is 156 g/mol. The Hall–Kier alpha value is -1.25. The molecule has 0 aromatic carbocycles. The number of unbranched alkanes of at least 4 members (excludes halogenated alkanes) is 1. The van der Waals surface area contributed by atoms with Crippen LogP contribution in [0.15, 0.2) is 25.3 Å². The summed E-state index contributed by atoms with van der Waals surface area (Å²) in [4.78, 5) is 10.6. The molecule has 0 saturated carbocycles. The Kier molecular flexibility index (Phi) is 7.03. The predicted octanol–water partition coefficient (Wildman–Crippen LogP) is 2.29. The van der Waals surface area contributed by atoms with Crippen molar-refractivity contribution in [1.82, 2.24) is 0 Å². The van der Waals surface area contributed by atoms with Crippen molar-refractivity contribution >= 4 is 6.16 Å². The maximum atomic E-state index is 10.6. The minimum Gasteiger partial charge on any atom is -0.434 e. The molecule has 0 bridgehead atoms. The molecule has 0 amide bonds. The highest BCUT2D eigenvalue weighted by molar-refractivity contribution is 5.59. The number of ether oxygens (including phenoxy) is 2. The first kappa shape index (κ1) is 10.8. The lowest BCUT2D eigenvalue weighted by atomic mass is 10.3. The molecule has 0 atom stereocenters. The minimum absolute atomic E-state index is 0.195. The van der Waals surface area contributed by atoms with Gasteiger partial charge in [0.1, 0.15) is 6.61 Å². The molecule has 0 saturated heterocycles. The fourth-order valence-electron chi connectivity index (χ4n) is 0.552. The van der Waals surface area contributed by atoms with Crippen molar-refractivity contribution in [2.24, 2.45) is 0 Å². The van der Waals surface area contributed by atoms with Gasteiger partial charge in [0, 0.05) is 0 Å². The number of carbonyl (C=O) groups is 1. The van der Waals surface area contributed by atoms with Crippen LogP contribution < -0.4 is 0 Å². The highest BCUT2D eigenvalue weighted by Crippen LogP contribution is 1.92. The monoisotopic (exact) mass is 170 g/mol. The molecule has 0 aromatic heterocycles. The van der Waals surface area contributed by atoms with Crippen molar-refractivity contribution < 1.29 is 14.3 Å². The van der Waals surface area contributed by atoms with Gasteiger partial charge in [-0.05, 0) is 12.8 Å². The molecule has 3 heteroatoms. The zero-order valence-corrected chi connectivity index (χ0v) is 7.12. The van der Waals surface area contributed by atoms with Gasteiger partial charge < -0.3 is 9.47 Å². The molecule has 68 valence electrons. The summed E-state index contributed by atoms with van der Waals surface area (Å²) in [6, 6.07) is 0. The van der Waals surface area contributed by atoms with Crippen molar-refractivity contribution in [3.63, 3.8) is 0 Å². The summed E-state index contributed by atoms with van der Waals surface area (Å²) >= 11 is 0. The minimum atomic E-state index is -0.640. The molecule has 0 radical (unpaired) electrons. The third-order valence-electron chi connectivity index (χ3n) is 1.09. The van der Waals surface area contributed by atoms with E-state index in [0.29, 0.717) is 6.61 Å². The smallest absolute Gasteiger partial charge is 0.434 e. The molecule has 0 N–H and O–H groups in total. The lowest BCUT2D eigenvalue weighted by molar-refractivity contribution is 0.0627. The molecule has 0 spiro atoms. The van der Waals surface area contributed by atoms with Gasteiger partial charge in [-0.1, -0.05) is 18.7 Å². The van der Waals surface area contributed by atoms with Crippen molar-refractivity contribution in [3.8, 4) is 0 Å². The van der Waals surface area contributed by atoms with Crippen LogP contribution in [0.1, 0.15) is 12.8 Å². The van der Waals surface area contributed by atoms with Gasteiger partial charge >= 0.3 is 6.16 Å². The first-order valence-electron chi connectivity index (χ1n) is 3.82. The van der Waals surface area contributed by atoms with E-state index in [1.54, 1.807) is 6.08 Å². The summed E-state index contributed by atoms with van der Waals surface area (Å²) in [6.07, 6.45) is 4.25. The van der Waals surface area contributed by atoms with Crippen molar-refractivity contribution in [3.05, 3.63) is 25.3 Å². The van der Waals surface area contributed by atoms with Crippen molar-refractivity contribution in [2.75, 3.05) is 13.2 Å². The number of carbonyl (C=O) groups excluding carboxylic acids is 1. The van der Waals surface area contributed by atoms with Gasteiger partial charge in [-0.3, -0.25) is 0 Å². The van der Waals surface area contributed by atoms with E-state index < -0.39 is 6.16 Å². The van der Waals surface area contributed by atoms with E-state index in [4.69, 9.17) is 0 Å². The van der Waals surface area contributed by atoms with Gasteiger partial charge in [0.2, 0.25) is 0 Å². The van der Waals surface area contributed by atoms with Gasteiger partial charge in [-0.15, -0.1) is 6.58 Å². The van der Waals surface area contributed by atoms with E-state index in [2.05, 4.69) is 22.6 Å². The Labute approximate surface area is 72.7 Å². The molecule has 3 nitrogen and oxygen atoms in total. The summed E-state index contributed by atoms with van der Waals surface area (Å²) in [5, 5.41) is 0. The largest absolute Gasteiger partial charge is 0.508 e. The normalized spacial score (nSPS) is 8.67. The second kappa shape index (κ2) is 7.85. The number of allylic oxidation sites excluding steroid dienone is 1. The molecule has 0 unspecified atom stereocenters. The van der Waals surface area contributed by atoms with E-state index in [1.165, 1.54) is 6.08 Å². The van der Waals surface area contributed by atoms with Crippen molar-refractivity contribution in [1.29, 1.82) is 0 Å². The van der Waals surface area contributed by atoms with Crippen LogP contribution >= 0.6 is 0 Å². The zero-order chi connectivity index (χ0) is 9.23. The molecular formula is C9H14O3. The van der Waals surface area contributed by atoms with Crippen LogP contribution in [-0.4, -0.2) is 19.4 Å². The van der Waals surface area contributed by atoms with Crippen LogP contribution in [0.3, 0.4) is 0 Å². The van der Waals surface area contributed by atoms with Gasteiger partial charge in [0.15, 0.2) is 0 Å². The Morgan fingerprint density at radius 2 is 2.00 bits per heavy atom. The quantitative estimate of drug-likeness (QED) is 0.348. The summed E-state index contributed by atoms with van der Waals surface area (Å²) < 4.78 is 9.26. The zero-order valence-electron chi connectivity index (χ0n) is 7.12. The second-order valence-corrected chi connectivity index (χ2v) is 2.13. The van der Waals surface area contributed by atoms with Crippen LogP contribution in [0, 0.1) is 0 Å². The molecule has 0 aromatic rings. The van der Waals surface area contributed by atoms with Crippen LogP contribution in [-0.2, 0) is 9.47 Å². The Balaban J connectivity index is 3.19. The first-order chi connectivity index (χ1) is 5.81. The van der Waals surface area contributed by atoms with Crippen LogP contribution in [0.25, 0.3) is 0 Å². The molecule has 0 heterocycles. The van der Waals surface area contributed by atoms with E-state index in [9.17, 15) is 4.79 Å². The maximum absolute atomic E-state index is 10.6. The fraction of sp³-hybridized carbons (Fsp3) is 0.444. The first-order valence-corrected chi connectivity index (χ1v) is 3.82. The summed E-state index contributed by atoms with van der Waals surface area (Å²) in [7, 11) is 0. The van der Waals surface area contributed by atoms with E-state index in [1.807, 2.05) is 0 Å². The third kappa shape index (κ3) is 6.86. The second-order valence-electron chi connectivity index (χ2n) is 2.13. The van der Waals surface area contributed by atoms with Crippen LogP contribution in [0.5, 0.6) is 0 Å². The number of hydrogen-bond donors (Lipinski definition) is 0. The topological polar surface area (TPSA) is 35.5 Å².